The molecular formula is C19H30N4O. The maximum Gasteiger partial charge on any atom is 0.225 e. The summed E-state index contributed by atoms with van der Waals surface area (Å²) in [5, 5.41) is 3.09. The number of anilines is 1. The molecule has 3 rings (SSSR count). The molecule has 1 aromatic rings. The van der Waals surface area contributed by atoms with Crippen LogP contribution in [-0.2, 0) is 11.3 Å². The summed E-state index contributed by atoms with van der Waals surface area (Å²) in [4.78, 5) is 19.4. The Balaban J connectivity index is 1.59. The zero-order valence-electron chi connectivity index (χ0n) is 14.8. The average molecular weight is 330 g/mol. The summed E-state index contributed by atoms with van der Waals surface area (Å²) in [6, 6.07) is 4.09. The predicted octanol–water partition coefficient (Wildman–Crippen LogP) is 2.60. The van der Waals surface area contributed by atoms with Crippen LogP contribution in [-0.4, -0.2) is 29.5 Å². The number of nitrogens with zero attached hydrogens (tertiary/aromatic N) is 2. The van der Waals surface area contributed by atoms with E-state index in [0.717, 1.165) is 50.2 Å². The van der Waals surface area contributed by atoms with Crippen molar-refractivity contribution in [1.82, 2.24) is 10.3 Å². The van der Waals surface area contributed by atoms with Gasteiger partial charge in [0.1, 0.15) is 5.82 Å². The summed E-state index contributed by atoms with van der Waals surface area (Å²) < 4.78 is 0. The van der Waals surface area contributed by atoms with Crippen LogP contribution < -0.4 is 16.0 Å². The van der Waals surface area contributed by atoms with Crippen LogP contribution >= 0.6 is 0 Å². The minimum absolute atomic E-state index is 0.0744. The van der Waals surface area contributed by atoms with E-state index in [4.69, 9.17) is 5.73 Å². The summed E-state index contributed by atoms with van der Waals surface area (Å²) in [5.41, 5.74) is 7.07. The van der Waals surface area contributed by atoms with Crippen LogP contribution in [0.25, 0.3) is 0 Å². The van der Waals surface area contributed by atoms with Crippen molar-refractivity contribution in [3.63, 3.8) is 0 Å². The Kier molecular flexibility index (Phi) is 5.39. The Morgan fingerprint density at radius 1 is 1.33 bits per heavy atom. The quantitative estimate of drug-likeness (QED) is 0.890. The first-order valence-electron chi connectivity index (χ1n) is 9.33. The van der Waals surface area contributed by atoms with Gasteiger partial charge in [-0.05, 0) is 56.7 Å². The fourth-order valence-corrected chi connectivity index (χ4v) is 3.97. The van der Waals surface area contributed by atoms with Gasteiger partial charge in [-0.2, -0.15) is 0 Å². The Hall–Kier alpha value is -1.62. The molecule has 2 heterocycles. The van der Waals surface area contributed by atoms with Gasteiger partial charge >= 0.3 is 0 Å². The lowest BCUT2D eigenvalue weighted by Crippen LogP contribution is -2.52. The van der Waals surface area contributed by atoms with E-state index < -0.39 is 0 Å². The molecule has 2 fully saturated rings. The van der Waals surface area contributed by atoms with Gasteiger partial charge in [-0.25, -0.2) is 4.98 Å². The van der Waals surface area contributed by atoms with Gasteiger partial charge in [-0.3, -0.25) is 4.79 Å². The van der Waals surface area contributed by atoms with E-state index in [1.165, 1.54) is 19.3 Å². The summed E-state index contributed by atoms with van der Waals surface area (Å²) in [7, 11) is 0. The number of pyridine rings is 1. The number of amides is 1. The molecule has 1 saturated heterocycles. The third-order valence-electron chi connectivity index (χ3n) is 5.53. The number of piperidine rings is 1. The van der Waals surface area contributed by atoms with Crippen molar-refractivity contribution >= 4 is 11.7 Å². The van der Waals surface area contributed by atoms with E-state index in [2.05, 4.69) is 21.3 Å². The highest BCUT2D eigenvalue weighted by molar-refractivity contribution is 5.80. The minimum Gasteiger partial charge on any atom is -0.357 e. The summed E-state index contributed by atoms with van der Waals surface area (Å²) in [5.74, 6) is 1.05. The number of nitrogens with one attached hydrogen (secondary N) is 1. The number of aromatic nitrogens is 1. The van der Waals surface area contributed by atoms with E-state index >= 15 is 0 Å². The molecule has 0 aromatic carbocycles. The number of carbonyl (C=O) groups excluding carboxylic acids is 1. The number of hydrogen-bond acceptors (Lipinski definition) is 4. The van der Waals surface area contributed by atoms with Gasteiger partial charge in [0.2, 0.25) is 5.91 Å². The molecule has 2 unspecified atom stereocenters. The summed E-state index contributed by atoms with van der Waals surface area (Å²) >= 11 is 0. The van der Waals surface area contributed by atoms with E-state index in [1.807, 2.05) is 19.2 Å². The van der Waals surface area contributed by atoms with Gasteiger partial charge in [0.05, 0.1) is 5.92 Å². The van der Waals surface area contributed by atoms with Crippen LogP contribution in [0.4, 0.5) is 5.82 Å². The van der Waals surface area contributed by atoms with Gasteiger partial charge < -0.3 is 16.0 Å². The highest BCUT2D eigenvalue weighted by Gasteiger charge is 2.37. The van der Waals surface area contributed by atoms with E-state index in [-0.39, 0.29) is 17.4 Å². The van der Waals surface area contributed by atoms with Gasteiger partial charge in [0.15, 0.2) is 0 Å². The molecular weight excluding hydrogens is 300 g/mol. The van der Waals surface area contributed by atoms with Gasteiger partial charge in [-0.15, -0.1) is 0 Å². The topological polar surface area (TPSA) is 71.2 Å². The molecule has 1 aliphatic carbocycles. The van der Waals surface area contributed by atoms with E-state index in [9.17, 15) is 4.79 Å². The maximum atomic E-state index is 12.6. The summed E-state index contributed by atoms with van der Waals surface area (Å²) in [6.45, 7) is 4.72. The number of carbonyl (C=O) groups is 1. The van der Waals surface area contributed by atoms with Crippen molar-refractivity contribution < 1.29 is 4.79 Å². The van der Waals surface area contributed by atoms with Crippen LogP contribution in [0.3, 0.4) is 0 Å². The molecule has 0 spiro atoms. The van der Waals surface area contributed by atoms with Crippen molar-refractivity contribution in [1.29, 1.82) is 0 Å². The lowest BCUT2D eigenvalue weighted by molar-refractivity contribution is -0.128. The molecule has 132 valence electrons. The van der Waals surface area contributed by atoms with Crippen LogP contribution in [0.15, 0.2) is 18.3 Å². The molecule has 2 aliphatic rings. The fraction of sp³-hybridized carbons (Fsp3) is 0.684. The first kappa shape index (κ1) is 17.2. The van der Waals surface area contributed by atoms with Gasteiger partial charge in [0, 0.05) is 31.4 Å². The number of nitrogens with two attached hydrogens (primary N) is 1. The van der Waals surface area contributed by atoms with Gasteiger partial charge in [0.25, 0.3) is 0 Å². The minimum atomic E-state index is -0.375. The molecule has 1 saturated carbocycles. The first-order valence-corrected chi connectivity index (χ1v) is 9.33. The highest BCUT2D eigenvalue weighted by Crippen LogP contribution is 2.31. The molecule has 1 aromatic heterocycles. The molecule has 3 N–H and O–H groups in total. The van der Waals surface area contributed by atoms with Crippen molar-refractivity contribution in [2.24, 2.45) is 11.7 Å². The van der Waals surface area contributed by atoms with Crippen molar-refractivity contribution in [2.75, 3.05) is 18.0 Å². The second-order valence-electron chi connectivity index (χ2n) is 7.59. The summed E-state index contributed by atoms with van der Waals surface area (Å²) in [6.07, 6.45) is 9.68. The SMILES string of the molecule is CC1(N)CCCCC1C(=O)NCc1ccnc(N2CCCCC2)c1. The third-order valence-corrected chi connectivity index (χ3v) is 5.53. The van der Waals surface area contributed by atoms with Crippen LogP contribution in [0.2, 0.25) is 0 Å². The molecule has 0 radical (unpaired) electrons. The monoisotopic (exact) mass is 330 g/mol. The van der Waals surface area contributed by atoms with E-state index in [1.54, 1.807) is 0 Å². The second kappa shape index (κ2) is 7.51. The standard InChI is InChI=1S/C19H30N4O/c1-19(20)9-4-3-7-16(19)18(24)22-14-15-8-10-21-17(13-15)23-11-5-2-6-12-23/h8,10,13,16H,2-7,9,11-12,14,20H2,1H3,(H,22,24). The third kappa shape index (κ3) is 4.07. The molecule has 0 bridgehead atoms. The molecule has 24 heavy (non-hydrogen) atoms. The van der Waals surface area contributed by atoms with Gasteiger partial charge in [-0.1, -0.05) is 12.8 Å². The number of rotatable bonds is 4. The molecule has 1 amide bonds. The molecule has 5 heteroatoms. The zero-order chi connectivity index (χ0) is 17.0. The zero-order valence-corrected chi connectivity index (χ0v) is 14.8. The molecule has 1 aliphatic heterocycles. The highest BCUT2D eigenvalue weighted by atomic mass is 16.1. The number of hydrogen-bond donors (Lipinski definition) is 2. The second-order valence-corrected chi connectivity index (χ2v) is 7.59. The fourth-order valence-electron chi connectivity index (χ4n) is 3.97. The smallest absolute Gasteiger partial charge is 0.225 e. The lowest BCUT2D eigenvalue weighted by Gasteiger charge is -2.37. The Bertz CT molecular complexity index is 566. The Morgan fingerprint density at radius 2 is 2.12 bits per heavy atom. The predicted molar refractivity (Wildman–Crippen MR) is 96.7 cm³/mol. The first-order chi connectivity index (χ1) is 11.6. The van der Waals surface area contributed by atoms with Crippen molar-refractivity contribution in [3.05, 3.63) is 23.9 Å². The Morgan fingerprint density at radius 3 is 2.88 bits per heavy atom. The van der Waals surface area contributed by atoms with E-state index in [0.29, 0.717) is 6.54 Å². The van der Waals surface area contributed by atoms with Crippen molar-refractivity contribution in [3.8, 4) is 0 Å². The Labute approximate surface area is 145 Å². The maximum absolute atomic E-state index is 12.6. The van der Waals surface area contributed by atoms with Crippen LogP contribution in [0, 0.1) is 5.92 Å². The largest absolute Gasteiger partial charge is 0.357 e. The van der Waals surface area contributed by atoms with Crippen molar-refractivity contribution in [2.45, 2.75) is 64.0 Å². The normalized spacial score (nSPS) is 27.8. The molecule has 2 atom stereocenters. The molecule has 5 nitrogen and oxygen atoms in total. The van der Waals surface area contributed by atoms with Crippen LogP contribution in [0.1, 0.15) is 57.4 Å². The lowest BCUT2D eigenvalue weighted by atomic mass is 9.74. The van der Waals surface area contributed by atoms with Crippen LogP contribution in [0.5, 0.6) is 0 Å². The average Bonchev–Trinajstić information content (AvgIpc) is 2.60.